The van der Waals surface area contributed by atoms with Gasteiger partial charge in [-0.25, -0.2) is 4.79 Å². The molecule has 0 aliphatic carbocycles. The molecule has 0 radical (unpaired) electrons. The number of hydrogen-bond acceptors (Lipinski definition) is 10. The highest BCUT2D eigenvalue weighted by molar-refractivity contribution is 5.89. The molecule has 0 amide bonds. The zero-order chi connectivity index (χ0) is 15.7. The molecule has 6 atom stereocenters. The first-order chi connectivity index (χ1) is 9.86. The molecule has 2 heterocycles. The Balaban J connectivity index is 1.95. The van der Waals surface area contributed by atoms with Crippen LogP contribution in [0.25, 0.3) is 0 Å². The van der Waals surface area contributed by atoms with Crippen molar-refractivity contribution in [3.63, 3.8) is 0 Å². The van der Waals surface area contributed by atoms with Crippen molar-refractivity contribution in [2.75, 3.05) is 13.2 Å². The molecule has 2 aliphatic rings. The summed E-state index contributed by atoms with van der Waals surface area (Å²) in [5.74, 6) is -2.77. The van der Waals surface area contributed by atoms with E-state index in [4.69, 9.17) is 19.7 Å². The lowest BCUT2D eigenvalue weighted by atomic mass is 9.99. The normalized spacial score (nSPS) is 40.5. The number of aliphatic hydroxyl groups excluding tert-OH is 6. The summed E-state index contributed by atoms with van der Waals surface area (Å²) in [6.45, 7) is -1.08. The molecule has 0 bridgehead atoms. The maximum Gasteiger partial charge on any atom is 0.377 e. The smallest absolute Gasteiger partial charge is 0.377 e. The molecule has 2 aliphatic heterocycles. The Morgan fingerprint density at radius 2 is 1.76 bits per heavy atom. The maximum absolute atomic E-state index is 11.0. The van der Waals surface area contributed by atoms with Crippen molar-refractivity contribution >= 4 is 5.97 Å². The van der Waals surface area contributed by atoms with Crippen LogP contribution in [0.15, 0.2) is 11.5 Å². The molecule has 0 aromatic heterocycles. The van der Waals surface area contributed by atoms with E-state index >= 15 is 0 Å². The molecule has 1 unspecified atom stereocenters. The van der Waals surface area contributed by atoms with Gasteiger partial charge in [0.2, 0.25) is 5.76 Å². The predicted octanol–water partition coefficient (Wildman–Crippen LogP) is -2.94. The van der Waals surface area contributed by atoms with Crippen LogP contribution in [-0.2, 0) is 19.0 Å². The average Bonchev–Trinajstić information content (AvgIpc) is 2.71. The van der Waals surface area contributed by atoms with Gasteiger partial charge in [-0.2, -0.15) is 0 Å². The molecule has 120 valence electrons. The lowest BCUT2D eigenvalue weighted by molar-refractivity contribution is -0.304. The van der Waals surface area contributed by atoms with Crippen molar-refractivity contribution in [1.82, 2.24) is 0 Å². The van der Waals surface area contributed by atoms with Crippen molar-refractivity contribution in [2.24, 2.45) is 0 Å². The van der Waals surface area contributed by atoms with Crippen molar-refractivity contribution in [3.05, 3.63) is 11.5 Å². The SMILES string of the molecule is O=C1OC(CO[C@H]2O[C@H](CO)[C@@H](O)[C@H](O)[C@H]2O)C(O)=C1O. The Labute approximate surface area is 118 Å². The van der Waals surface area contributed by atoms with E-state index in [9.17, 15) is 25.2 Å². The van der Waals surface area contributed by atoms with Gasteiger partial charge in [-0.1, -0.05) is 0 Å². The van der Waals surface area contributed by atoms with Gasteiger partial charge in [0.05, 0.1) is 13.2 Å². The second kappa shape index (κ2) is 6.13. The van der Waals surface area contributed by atoms with E-state index in [2.05, 4.69) is 4.74 Å². The molecule has 0 saturated carbocycles. The second-order valence-corrected chi connectivity index (χ2v) is 4.66. The molecule has 2 rings (SSSR count). The Morgan fingerprint density at radius 3 is 2.29 bits per heavy atom. The van der Waals surface area contributed by atoms with Crippen molar-refractivity contribution < 1.29 is 49.6 Å². The molecule has 0 aromatic carbocycles. The van der Waals surface area contributed by atoms with Crippen LogP contribution in [-0.4, -0.2) is 86.6 Å². The van der Waals surface area contributed by atoms with Crippen LogP contribution in [0.2, 0.25) is 0 Å². The fourth-order valence-corrected chi connectivity index (χ4v) is 2.00. The number of carbonyl (C=O) groups excluding carboxylic acids is 1. The van der Waals surface area contributed by atoms with Crippen LogP contribution in [0, 0.1) is 0 Å². The minimum absolute atomic E-state index is 0.468. The molecule has 6 N–H and O–H groups in total. The van der Waals surface area contributed by atoms with Crippen LogP contribution in [0.1, 0.15) is 0 Å². The van der Waals surface area contributed by atoms with Gasteiger partial charge in [0.1, 0.15) is 24.4 Å². The third kappa shape index (κ3) is 2.95. The first kappa shape index (κ1) is 15.9. The topological polar surface area (TPSA) is 166 Å². The van der Waals surface area contributed by atoms with Crippen LogP contribution in [0.4, 0.5) is 0 Å². The highest BCUT2D eigenvalue weighted by Crippen LogP contribution is 2.24. The van der Waals surface area contributed by atoms with Gasteiger partial charge in [-0.3, -0.25) is 0 Å². The summed E-state index contributed by atoms with van der Waals surface area (Å²) in [4.78, 5) is 11.0. The van der Waals surface area contributed by atoms with Crippen LogP contribution in [0.3, 0.4) is 0 Å². The van der Waals surface area contributed by atoms with Gasteiger partial charge in [0.15, 0.2) is 18.2 Å². The molecular formula is C11H16O10. The first-order valence-corrected chi connectivity index (χ1v) is 6.12. The molecule has 10 heteroatoms. The van der Waals surface area contributed by atoms with Crippen molar-refractivity contribution in [3.8, 4) is 0 Å². The Morgan fingerprint density at radius 1 is 1.10 bits per heavy atom. The van der Waals surface area contributed by atoms with E-state index in [1.165, 1.54) is 0 Å². The summed E-state index contributed by atoms with van der Waals surface area (Å²) in [5, 5.41) is 56.3. The molecule has 0 spiro atoms. The quantitative estimate of drug-likeness (QED) is 0.296. The highest BCUT2D eigenvalue weighted by Gasteiger charge is 2.45. The Bertz CT molecular complexity index is 433. The van der Waals surface area contributed by atoms with Crippen LogP contribution >= 0.6 is 0 Å². The third-order valence-electron chi connectivity index (χ3n) is 3.25. The molecule has 10 nitrogen and oxygen atoms in total. The Hall–Kier alpha value is -1.43. The third-order valence-corrected chi connectivity index (χ3v) is 3.25. The molecule has 1 fully saturated rings. The number of aliphatic hydroxyl groups is 6. The summed E-state index contributed by atoms with van der Waals surface area (Å²) in [7, 11) is 0. The maximum atomic E-state index is 11.0. The van der Waals surface area contributed by atoms with Gasteiger partial charge < -0.3 is 44.8 Å². The van der Waals surface area contributed by atoms with E-state index in [1.54, 1.807) is 0 Å². The zero-order valence-corrected chi connectivity index (χ0v) is 10.7. The number of carbonyl (C=O) groups is 1. The van der Waals surface area contributed by atoms with E-state index < -0.39 is 67.5 Å². The largest absolute Gasteiger partial charge is 0.505 e. The zero-order valence-electron chi connectivity index (χ0n) is 10.7. The van der Waals surface area contributed by atoms with Gasteiger partial charge >= 0.3 is 5.97 Å². The minimum Gasteiger partial charge on any atom is -0.505 e. The van der Waals surface area contributed by atoms with Gasteiger partial charge in [-0.15, -0.1) is 0 Å². The fourth-order valence-electron chi connectivity index (χ4n) is 2.00. The number of hydrogen-bond donors (Lipinski definition) is 6. The summed E-state index contributed by atoms with van der Waals surface area (Å²) in [6.07, 6.45) is -8.58. The van der Waals surface area contributed by atoms with Gasteiger partial charge in [0.25, 0.3) is 0 Å². The highest BCUT2D eigenvalue weighted by atomic mass is 16.7. The fraction of sp³-hybridized carbons (Fsp3) is 0.727. The van der Waals surface area contributed by atoms with Crippen LogP contribution in [0.5, 0.6) is 0 Å². The van der Waals surface area contributed by atoms with E-state index in [1.807, 2.05) is 0 Å². The lowest BCUT2D eigenvalue weighted by Gasteiger charge is -2.39. The Kier molecular flexibility index (Phi) is 4.66. The predicted molar refractivity (Wildman–Crippen MR) is 61.9 cm³/mol. The molecule has 0 aromatic rings. The molecule has 1 saturated heterocycles. The van der Waals surface area contributed by atoms with Crippen molar-refractivity contribution in [1.29, 1.82) is 0 Å². The monoisotopic (exact) mass is 308 g/mol. The summed E-state index contributed by atoms with van der Waals surface area (Å²) in [6, 6.07) is 0. The minimum atomic E-state index is -1.61. The number of rotatable bonds is 4. The number of esters is 1. The van der Waals surface area contributed by atoms with Crippen molar-refractivity contribution in [2.45, 2.75) is 36.8 Å². The lowest BCUT2D eigenvalue weighted by Crippen LogP contribution is -2.59. The molecule has 21 heavy (non-hydrogen) atoms. The first-order valence-electron chi connectivity index (χ1n) is 6.12. The second-order valence-electron chi connectivity index (χ2n) is 4.66. The summed E-state index contributed by atoms with van der Waals surface area (Å²) >= 11 is 0. The van der Waals surface area contributed by atoms with E-state index in [0.717, 1.165) is 0 Å². The standard InChI is InChI=1S/C11H16O10/c12-1-3-5(13)7(15)9(17)11(21-3)19-2-4-6(14)8(16)10(18)20-4/h3-5,7,9,11-17H,1-2H2/t3-,4?,5-,7+,9-,11+/m1/s1. The summed E-state index contributed by atoms with van der Waals surface area (Å²) in [5.41, 5.74) is 0. The number of cyclic esters (lactones) is 1. The molecular weight excluding hydrogens is 292 g/mol. The van der Waals surface area contributed by atoms with Crippen LogP contribution < -0.4 is 0 Å². The van der Waals surface area contributed by atoms with Gasteiger partial charge in [-0.05, 0) is 0 Å². The van der Waals surface area contributed by atoms with Gasteiger partial charge in [0, 0.05) is 0 Å². The number of ether oxygens (including phenoxy) is 3. The average molecular weight is 308 g/mol. The summed E-state index contributed by atoms with van der Waals surface area (Å²) < 4.78 is 14.7. The van der Waals surface area contributed by atoms with E-state index in [0.29, 0.717) is 0 Å². The van der Waals surface area contributed by atoms with E-state index in [-0.39, 0.29) is 0 Å².